The summed E-state index contributed by atoms with van der Waals surface area (Å²) >= 11 is 0. The molecule has 1 atom stereocenters. The van der Waals surface area contributed by atoms with E-state index >= 15 is 0 Å². The Balaban J connectivity index is 1.42. The minimum Gasteiger partial charge on any atom is -0.468 e. The molecular weight excluding hydrogens is 330 g/mol. The SMILES string of the molecule is O=C(NCC(c1ccco1)N1CCCC1)c1ccc(-c2cnco2)cc1. The van der Waals surface area contributed by atoms with Gasteiger partial charge in [-0.15, -0.1) is 0 Å². The number of carbonyl (C=O) groups is 1. The van der Waals surface area contributed by atoms with Crippen molar-refractivity contribution in [2.24, 2.45) is 0 Å². The van der Waals surface area contributed by atoms with Crippen LogP contribution in [-0.4, -0.2) is 35.4 Å². The van der Waals surface area contributed by atoms with Gasteiger partial charge in [-0.2, -0.15) is 0 Å². The first-order chi connectivity index (χ1) is 12.8. The fraction of sp³-hybridized carbons (Fsp3) is 0.300. The zero-order chi connectivity index (χ0) is 17.8. The van der Waals surface area contributed by atoms with E-state index in [1.165, 1.54) is 19.2 Å². The number of carbonyl (C=O) groups excluding carboxylic acids is 1. The summed E-state index contributed by atoms with van der Waals surface area (Å²) in [4.78, 5) is 18.8. The number of hydrogen-bond donors (Lipinski definition) is 1. The minimum absolute atomic E-state index is 0.0740. The number of rotatable bonds is 6. The molecule has 1 aliphatic rings. The third kappa shape index (κ3) is 3.55. The maximum atomic E-state index is 12.5. The minimum atomic E-state index is -0.0927. The van der Waals surface area contributed by atoms with E-state index in [0.717, 1.165) is 24.4 Å². The number of furan rings is 1. The zero-order valence-electron chi connectivity index (χ0n) is 14.4. The van der Waals surface area contributed by atoms with Crippen LogP contribution in [0.25, 0.3) is 11.3 Å². The first-order valence-corrected chi connectivity index (χ1v) is 8.86. The van der Waals surface area contributed by atoms with Gasteiger partial charge in [0, 0.05) is 17.7 Å². The van der Waals surface area contributed by atoms with Gasteiger partial charge in [0.25, 0.3) is 5.91 Å². The zero-order valence-corrected chi connectivity index (χ0v) is 14.4. The van der Waals surface area contributed by atoms with Crippen LogP contribution >= 0.6 is 0 Å². The van der Waals surface area contributed by atoms with Crippen molar-refractivity contribution in [2.75, 3.05) is 19.6 Å². The normalized spacial score (nSPS) is 15.8. The highest BCUT2D eigenvalue weighted by Gasteiger charge is 2.26. The Bertz CT molecular complexity index is 820. The molecule has 1 aliphatic heterocycles. The fourth-order valence-electron chi connectivity index (χ4n) is 3.38. The highest BCUT2D eigenvalue weighted by molar-refractivity contribution is 5.94. The van der Waals surface area contributed by atoms with Crippen molar-refractivity contribution in [3.63, 3.8) is 0 Å². The first-order valence-electron chi connectivity index (χ1n) is 8.86. The Morgan fingerprint density at radius 3 is 2.62 bits per heavy atom. The van der Waals surface area contributed by atoms with Gasteiger partial charge in [0.2, 0.25) is 0 Å². The van der Waals surface area contributed by atoms with Crippen molar-refractivity contribution in [1.82, 2.24) is 15.2 Å². The van der Waals surface area contributed by atoms with E-state index < -0.39 is 0 Å². The largest absolute Gasteiger partial charge is 0.468 e. The van der Waals surface area contributed by atoms with Gasteiger partial charge in [-0.05, 0) is 50.2 Å². The molecule has 1 saturated heterocycles. The van der Waals surface area contributed by atoms with Crippen molar-refractivity contribution in [3.8, 4) is 11.3 Å². The first kappa shape index (κ1) is 16.6. The summed E-state index contributed by atoms with van der Waals surface area (Å²) in [7, 11) is 0. The number of oxazole rings is 1. The maximum absolute atomic E-state index is 12.5. The van der Waals surface area contributed by atoms with E-state index in [-0.39, 0.29) is 11.9 Å². The molecule has 3 heterocycles. The second-order valence-electron chi connectivity index (χ2n) is 6.43. The fourth-order valence-corrected chi connectivity index (χ4v) is 3.38. The van der Waals surface area contributed by atoms with Crippen LogP contribution < -0.4 is 5.32 Å². The van der Waals surface area contributed by atoms with Crippen LogP contribution in [0.1, 0.15) is 35.0 Å². The summed E-state index contributed by atoms with van der Waals surface area (Å²) < 4.78 is 10.9. The summed E-state index contributed by atoms with van der Waals surface area (Å²) in [6.45, 7) is 2.59. The van der Waals surface area contributed by atoms with E-state index in [9.17, 15) is 4.79 Å². The summed E-state index contributed by atoms with van der Waals surface area (Å²) in [6, 6.07) is 11.3. The summed E-state index contributed by atoms with van der Waals surface area (Å²) in [5.41, 5.74) is 1.51. The smallest absolute Gasteiger partial charge is 0.251 e. The van der Waals surface area contributed by atoms with Gasteiger partial charge in [-0.3, -0.25) is 9.69 Å². The summed E-state index contributed by atoms with van der Waals surface area (Å²) in [5.74, 6) is 1.49. The van der Waals surface area contributed by atoms with Crippen LogP contribution in [0.15, 0.2) is 64.1 Å². The highest BCUT2D eigenvalue weighted by atomic mass is 16.3. The Morgan fingerprint density at radius 1 is 1.15 bits per heavy atom. The Hall–Kier alpha value is -2.86. The van der Waals surface area contributed by atoms with Gasteiger partial charge in [0.15, 0.2) is 12.2 Å². The molecule has 3 aromatic rings. The quantitative estimate of drug-likeness (QED) is 0.736. The molecule has 1 unspecified atom stereocenters. The van der Waals surface area contributed by atoms with Crippen LogP contribution in [0.5, 0.6) is 0 Å². The Labute approximate surface area is 151 Å². The van der Waals surface area contributed by atoms with Gasteiger partial charge in [-0.25, -0.2) is 4.98 Å². The van der Waals surface area contributed by atoms with Crippen LogP contribution in [0, 0.1) is 0 Å². The lowest BCUT2D eigenvalue weighted by Crippen LogP contribution is -2.36. The molecule has 1 N–H and O–H groups in total. The molecule has 0 aliphatic carbocycles. The van der Waals surface area contributed by atoms with Gasteiger partial charge in [0.05, 0.1) is 18.5 Å². The number of aromatic nitrogens is 1. The van der Waals surface area contributed by atoms with E-state index in [1.54, 1.807) is 24.6 Å². The number of nitrogens with zero attached hydrogens (tertiary/aromatic N) is 2. The molecule has 134 valence electrons. The second kappa shape index (κ2) is 7.58. The topological polar surface area (TPSA) is 71.5 Å². The summed E-state index contributed by atoms with van der Waals surface area (Å²) in [5, 5.41) is 3.04. The number of hydrogen-bond acceptors (Lipinski definition) is 5. The van der Waals surface area contributed by atoms with Crippen molar-refractivity contribution in [3.05, 3.63) is 66.6 Å². The molecule has 1 fully saturated rings. The monoisotopic (exact) mass is 351 g/mol. The lowest BCUT2D eigenvalue weighted by molar-refractivity contribution is 0.0934. The Kier molecular flexibility index (Phi) is 4.84. The van der Waals surface area contributed by atoms with E-state index in [1.807, 2.05) is 24.3 Å². The molecule has 2 aromatic heterocycles. The average Bonchev–Trinajstić information content (AvgIpc) is 3.45. The highest BCUT2D eigenvalue weighted by Crippen LogP contribution is 2.25. The van der Waals surface area contributed by atoms with Crippen LogP contribution in [0.3, 0.4) is 0 Å². The number of likely N-dealkylation sites (tertiary alicyclic amines) is 1. The standard InChI is InChI=1S/C20H21N3O3/c24-20(16-7-5-15(6-8-16)19-13-21-14-26-19)22-12-17(18-4-3-11-25-18)23-9-1-2-10-23/h3-8,11,13-14,17H,1-2,9-10,12H2,(H,22,24). The second-order valence-corrected chi connectivity index (χ2v) is 6.43. The predicted molar refractivity (Wildman–Crippen MR) is 96.5 cm³/mol. The van der Waals surface area contributed by atoms with Crippen LogP contribution in [0.4, 0.5) is 0 Å². The lowest BCUT2D eigenvalue weighted by Gasteiger charge is -2.26. The molecule has 1 aromatic carbocycles. The lowest BCUT2D eigenvalue weighted by atomic mass is 10.1. The van der Waals surface area contributed by atoms with Crippen molar-refractivity contribution in [2.45, 2.75) is 18.9 Å². The number of amides is 1. The molecule has 0 saturated carbocycles. The molecule has 4 rings (SSSR count). The van der Waals surface area contributed by atoms with Crippen molar-refractivity contribution < 1.29 is 13.6 Å². The Morgan fingerprint density at radius 2 is 1.96 bits per heavy atom. The van der Waals surface area contributed by atoms with Crippen LogP contribution in [0.2, 0.25) is 0 Å². The van der Waals surface area contributed by atoms with Gasteiger partial charge < -0.3 is 14.2 Å². The molecule has 6 nitrogen and oxygen atoms in total. The summed E-state index contributed by atoms with van der Waals surface area (Å²) in [6.07, 6.45) is 7.10. The van der Waals surface area contributed by atoms with E-state index in [2.05, 4.69) is 15.2 Å². The molecular formula is C20H21N3O3. The number of nitrogens with one attached hydrogen (secondary N) is 1. The molecule has 0 radical (unpaired) electrons. The van der Waals surface area contributed by atoms with Gasteiger partial charge in [0.1, 0.15) is 5.76 Å². The molecule has 0 bridgehead atoms. The van der Waals surface area contributed by atoms with Gasteiger partial charge in [-0.1, -0.05) is 12.1 Å². The number of benzene rings is 1. The maximum Gasteiger partial charge on any atom is 0.251 e. The average molecular weight is 351 g/mol. The predicted octanol–water partition coefficient (Wildman–Crippen LogP) is 3.50. The molecule has 1 amide bonds. The van der Waals surface area contributed by atoms with E-state index in [0.29, 0.717) is 17.9 Å². The van der Waals surface area contributed by atoms with Gasteiger partial charge >= 0.3 is 0 Å². The third-order valence-electron chi connectivity index (χ3n) is 4.77. The third-order valence-corrected chi connectivity index (χ3v) is 4.77. The van der Waals surface area contributed by atoms with Crippen molar-refractivity contribution >= 4 is 5.91 Å². The molecule has 6 heteroatoms. The van der Waals surface area contributed by atoms with Crippen molar-refractivity contribution in [1.29, 1.82) is 0 Å². The van der Waals surface area contributed by atoms with E-state index in [4.69, 9.17) is 8.83 Å². The molecule has 26 heavy (non-hydrogen) atoms. The molecule has 0 spiro atoms. The van der Waals surface area contributed by atoms with Crippen LogP contribution in [-0.2, 0) is 0 Å².